The molecule has 0 aliphatic heterocycles. The van der Waals surface area contributed by atoms with E-state index in [1.807, 2.05) is 28.9 Å². The van der Waals surface area contributed by atoms with E-state index >= 15 is 0 Å². The molecule has 3 rings (SSSR count). The third-order valence-electron chi connectivity index (χ3n) is 4.10. The molecular weight excluding hydrogens is 226 g/mol. The summed E-state index contributed by atoms with van der Waals surface area (Å²) >= 11 is 0. The quantitative estimate of drug-likeness (QED) is 0.819. The first-order chi connectivity index (χ1) is 8.74. The second-order valence-corrected chi connectivity index (χ2v) is 5.75. The van der Waals surface area contributed by atoms with E-state index in [1.165, 1.54) is 38.5 Å². The maximum absolute atomic E-state index is 12.2. The minimum Gasteiger partial charge on any atom is -0.340 e. The summed E-state index contributed by atoms with van der Waals surface area (Å²) in [6.07, 6.45) is 9.49. The van der Waals surface area contributed by atoms with E-state index in [-0.39, 0.29) is 5.91 Å². The number of carbonyl (C=O) groups excluding carboxylic acids is 1. The number of carbonyl (C=O) groups is 1. The molecule has 2 saturated carbocycles. The van der Waals surface area contributed by atoms with E-state index in [4.69, 9.17) is 0 Å². The van der Waals surface area contributed by atoms with Crippen LogP contribution in [0.4, 0.5) is 0 Å². The molecule has 0 atom stereocenters. The predicted molar refractivity (Wildman–Crippen MR) is 69.4 cm³/mol. The zero-order valence-corrected chi connectivity index (χ0v) is 11.0. The molecule has 1 aromatic rings. The first kappa shape index (κ1) is 11.8. The monoisotopic (exact) mass is 247 g/mol. The van der Waals surface area contributed by atoms with Gasteiger partial charge >= 0.3 is 0 Å². The first-order valence-electron chi connectivity index (χ1n) is 7.04. The van der Waals surface area contributed by atoms with Crippen molar-refractivity contribution in [1.29, 1.82) is 0 Å². The van der Waals surface area contributed by atoms with E-state index < -0.39 is 0 Å². The number of hydrogen-bond donors (Lipinski definition) is 0. The van der Waals surface area contributed by atoms with Crippen molar-refractivity contribution in [3.05, 3.63) is 18.0 Å². The van der Waals surface area contributed by atoms with E-state index in [9.17, 15) is 4.79 Å². The molecule has 2 aliphatic rings. The molecule has 4 nitrogen and oxygen atoms in total. The standard InChI is InChI=1S/C14H21N3O/c1-16(10-11-6-7-11)14(18)13-8-9-17(15-13)12-4-2-3-5-12/h8-9,11-12H,2-7,10H2,1H3. The first-order valence-corrected chi connectivity index (χ1v) is 7.04. The molecule has 1 heterocycles. The smallest absolute Gasteiger partial charge is 0.274 e. The summed E-state index contributed by atoms with van der Waals surface area (Å²) in [5.74, 6) is 0.800. The molecule has 0 spiro atoms. The minimum absolute atomic E-state index is 0.0682. The second-order valence-electron chi connectivity index (χ2n) is 5.75. The lowest BCUT2D eigenvalue weighted by atomic mass is 10.3. The number of aromatic nitrogens is 2. The maximum atomic E-state index is 12.2. The van der Waals surface area contributed by atoms with Gasteiger partial charge in [0.25, 0.3) is 5.91 Å². The van der Waals surface area contributed by atoms with Crippen LogP contribution in [0.3, 0.4) is 0 Å². The van der Waals surface area contributed by atoms with Crippen LogP contribution in [0.5, 0.6) is 0 Å². The lowest BCUT2D eigenvalue weighted by Gasteiger charge is -2.15. The van der Waals surface area contributed by atoms with Gasteiger partial charge in [-0.3, -0.25) is 9.48 Å². The summed E-state index contributed by atoms with van der Waals surface area (Å²) in [5.41, 5.74) is 0.602. The zero-order chi connectivity index (χ0) is 12.5. The zero-order valence-electron chi connectivity index (χ0n) is 11.0. The van der Waals surface area contributed by atoms with Gasteiger partial charge in [0.05, 0.1) is 6.04 Å². The number of amides is 1. The van der Waals surface area contributed by atoms with E-state index in [0.717, 1.165) is 12.5 Å². The fourth-order valence-corrected chi connectivity index (χ4v) is 2.79. The Morgan fingerprint density at radius 2 is 2.11 bits per heavy atom. The van der Waals surface area contributed by atoms with Gasteiger partial charge < -0.3 is 4.90 Å². The van der Waals surface area contributed by atoms with Gasteiger partial charge in [-0.25, -0.2) is 0 Å². The van der Waals surface area contributed by atoms with Crippen molar-refractivity contribution >= 4 is 5.91 Å². The Kier molecular flexibility index (Phi) is 3.10. The van der Waals surface area contributed by atoms with Gasteiger partial charge in [0, 0.05) is 19.8 Å². The summed E-state index contributed by atoms with van der Waals surface area (Å²) in [4.78, 5) is 14.0. The summed E-state index contributed by atoms with van der Waals surface area (Å²) in [7, 11) is 1.88. The molecule has 0 unspecified atom stereocenters. The molecule has 0 N–H and O–H groups in total. The van der Waals surface area contributed by atoms with Gasteiger partial charge in [-0.1, -0.05) is 12.8 Å². The second kappa shape index (κ2) is 4.75. The number of rotatable bonds is 4. The Balaban J connectivity index is 1.65. The predicted octanol–water partition coefficient (Wildman–Crippen LogP) is 2.48. The molecule has 1 aromatic heterocycles. The molecule has 1 amide bonds. The van der Waals surface area contributed by atoms with E-state index in [1.54, 1.807) is 0 Å². The van der Waals surface area contributed by atoms with Crippen LogP contribution < -0.4 is 0 Å². The largest absolute Gasteiger partial charge is 0.340 e. The number of nitrogens with zero attached hydrogens (tertiary/aromatic N) is 3. The van der Waals surface area contributed by atoms with Gasteiger partial charge in [-0.15, -0.1) is 0 Å². The highest BCUT2D eigenvalue weighted by Crippen LogP contribution is 2.30. The Bertz CT molecular complexity index is 430. The fraction of sp³-hybridized carbons (Fsp3) is 0.714. The molecule has 4 heteroatoms. The van der Waals surface area contributed by atoms with Gasteiger partial charge in [0.15, 0.2) is 0 Å². The van der Waals surface area contributed by atoms with Crippen molar-refractivity contribution in [1.82, 2.24) is 14.7 Å². The Morgan fingerprint density at radius 3 is 2.78 bits per heavy atom. The van der Waals surface area contributed by atoms with Crippen LogP contribution in [-0.4, -0.2) is 34.2 Å². The van der Waals surface area contributed by atoms with Crippen molar-refractivity contribution in [2.24, 2.45) is 5.92 Å². The molecule has 18 heavy (non-hydrogen) atoms. The molecule has 0 saturated heterocycles. The van der Waals surface area contributed by atoms with Crippen molar-refractivity contribution in [3.8, 4) is 0 Å². The molecule has 0 aromatic carbocycles. The van der Waals surface area contributed by atoms with Crippen molar-refractivity contribution < 1.29 is 4.79 Å². The molecule has 98 valence electrons. The van der Waals surface area contributed by atoms with Crippen molar-refractivity contribution in [2.75, 3.05) is 13.6 Å². The summed E-state index contributed by atoms with van der Waals surface area (Å²) in [5, 5.41) is 4.47. The molecular formula is C14H21N3O. The van der Waals surface area contributed by atoms with E-state index in [0.29, 0.717) is 11.7 Å². The van der Waals surface area contributed by atoms with Gasteiger partial charge in [0.1, 0.15) is 5.69 Å². The van der Waals surface area contributed by atoms with Crippen LogP contribution in [0.15, 0.2) is 12.3 Å². The third kappa shape index (κ3) is 2.42. The van der Waals surface area contributed by atoms with Crippen LogP contribution >= 0.6 is 0 Å². The molecule has 2 aliphatic carbocycles. The van der Waals surface area contributed by atoms with Crippen LogP contribution in [-0.2, 0) is 0 Å². The Labute approximate surface area is 108 Å². The van der Waals surface area contributed by atoms with Gasteiger partial charge in [-0.05, 0) is 37.7 Å². The third-order valence-corrected chi connectivity index (χ3v) is 4.10. The number of hydrogen-bond acceptors (Lipinski definition) is 2. The van der Waals surface area contributed by atoms with Crippen molar-refractivity contribution in [3.63, 3.8) is 0 Å². The highest BCUT2D eigenvalue weighted by molar-refractivity contribution is 5.92. The fourth-order valence-electron chi connectivity index (χ4n) is 2.79. The lowest BCUT2D eigenvalue weighted by molar-refractivity contribution is 0.0781. The average Bonchev–Trinajstić information content (AvgIpc) is 2.89. The maximum Gasteiger partial charge on any atom is 0.274 e. The van der Waals surface area contributed by atoms with Crippen LogP contribution in [0.1, 0.15) is 55.1 Å². The normalized spacial score (nSPS) is 20.3. The highest BCUT2D eigenvalue weighted by Gasteiger charge is 2.26. The molecule has 0 radical (unpaired) electrons. The Hall–Kier alpha value is -1.32. The summed E-state index contributed by atoms with van der Waals surface area (Å²) in [6, 6.07) is 2.38. The average molecular weight is 247 g/mol. The highest BCUT2D eigenvalue weighted by atomic mass is 16.2. The van der Waals surface area contributed by atoms with Gasteiger partial charge in [-0.2, -0.15) is 5.10 Å². The lowest BCUT2D eigenvalue weighted by Crippen LogP contribution is -2.29. The Morgan fingerprint density at radius 1 is 1.39 bits per heavy atom. The summed E-state index contributed by atoms with van der Waals surface area (Å²) < 4.78 is 1.99. The topological polar surface area (TPSA) is 38.1 Å². The molecule has 2 fully saturated rings. The van der Waals surface area contributed by atoms with Crippen LogP contribution in [0, 0.1) is 5.92 Å². The van der Waals surface area contributed by atoms with E-state index in [2.05, 4.69) is 5.10 Å². The SMILES string of the molecule is CN(CC1CC1)C(=O)c1ccn(C2CCCC2)n1. The molecule has 0 bridgehead atoms. The van der Waals surface area contributed by atoms with Gasteiger partial charge in [0.2, 0.25) is 0 Å². The van der Waals surface area contributed by atoms with Crippen LogP contribution in [0.2, 0.25) is 0 Å². The summed E-state index contributed by atoms with van der Waals surface area (Å²) in [6.45, 7) is 0.884. The van der Waals surface area contributed by atoms with Crippen molar-refractivity contribution in [2.45, 2.75) is 44.6 Å². The minimum atomic E-state index is 0.0682. The van der Waals surface area contributed by atoms with Crippen LogP contribution in [0.25, 0.3) is 0 Å².